The molecule has 0 radical (unpaired) electrons. The zero-order chi connectivity index (χ0) is 23.7. The SMILES string of the molecule is C#CCOc1cnc(/C(F)=C/c2ccc(F)c([C@]3(C)CS(=O)(=O)C(C)(C)C(N)=N3)c2)cn1. The van der Waals surface area contributed by atoms with Gasteiger partial charge >= 0.3 is 0 Å². The average Bonchev–Trinajstić information content (AvgIpc) is 2.72. The molecule has 0 bridgehead atoms. The maximum absolute atomic E-state index is 14.7. The molecule has 10 heteroatoms. The van der Waals surface area contributed by atoms with Crippen molar-refractivity contribution in [2.24, 2.45) is 10.7 Å². The minimum Gasteiger partial charge on any atom is -0.463 e. The van der Waals surface area contributed by atoms with Crippen LogP contribution in [0.5, 0.6) is 5.88 Å². The van der Waals surface area contributed by atoms with Crippen molar-refractivity contribution >= 4 is 27.6 Å². The summed E-state index contributed by atoms with van der Waals surface area (Å²) in [4.78, 5) is 12.2. The van der Waals surface area contributed by atoms with Crippen LogP contribution in [-0.2, 0) is 15.4 Å². The smallest absolute Gasteiger partial charge is 0.233 e. The van der Waals surface area contributed by atoms with E-state index in [9.17, 15) is 17.2 Å². The molecular formula is C22H22F2N4O3S. The maximum Gasteiger partial charge on any atom is 0.233 e. The predicted molar refractivity (Wildman–Crippen MR) is 119 cm³/mol. The van der Waals surface area contributed by atoms with Crippen molar-refractivity contribution in [2.75, 3.05) is 12.4 Å². The molecule has 1 atom stereocenters. The lowest BCUT2D eigenvalue weighted by Gasteiger charge is -2.38. The summed E-state index contributed by atoms with van der Waals surface area (Å²) >= 11 is 0. The topological polar surface area (TPSA) is 108 Å². The van der Waals surface area contributed by atoms with E-state index < -0.39 is 37.5 Å². The molecule has 1 aromatic heterocycles. The minimum absolute atomic E-state index is 0.00334. The van der Waals surface area contributed by atoms with Gasteiger partial charge in [-0.15, -0.1) is 6.42 Å². The number of aromatic nitrogens is 2. The fourth-order valence-electron chi connectivity index (χ4n) is 3.18. The fraction of sp³-hybridized carbons (Fsp3) is 0.318. The molecule has 0 fully saturated rings. The van der Waals surface area contributed by atoms with Gasteiger partial charge in [-0.2, -0.15) is 0 Å². The highest BCUT2D eigenvalue weighted by Crippen LogP contribution is 2.38. The second-order valence-electron chi connectivity index (χ2n) is 8.00. The van der Waals surface area contributed by atoms with Crippen LogP contribution >= 0.6 is 0 Å². The van der Waals surface area contributed by atoms with E-state index in [-0.39, 0.29) is 35.1 Å². The lowest BCUT2D eigenvalue weighted by Crippen LogP contribution is -2.55. The number of ether oxygens (including phenoxy) is 1. The third-order valence-corrected chi connectivity index (χ3v) is 7.98. The van der Waals surface area contributed by atoms with Gasteiger partial charge in [0.15, 0.2) is 22.3 Å². The van der Waals surface area contributed by atoms with Gasteiger partial charge in [0.2, 0.25) is 5.88 Å². The Morgan fingerprint density at radius 3 is 2.62 bits per heavy atom. The minimum atomic E-state index is -3.73. The highest BCUT2D eigenvalue weighted by Gasteiger charge is 2.49. The zero-order valence-corrected chi connectivity index (χ0v) is 18.6. The number of nitrogens with two attached hydrogens (primary N) is 1. The summed E-state index contributed by atoms with van der Waals surface area (Å²) in [6, 6.07) is 3.82. The Morgan fingerprint density at radius 1 is 1.31 bits per heavy atom. The van der Waals surface area contributed by atoms with Gasteiger partial charge in [-0.3, -0.25) is 4.99 Å². The molecule has 2 aromatic rings. The quantitative estimate of drug-likeness (QED) is 0.688. The summed E-state index contributed by atoms with van der Waals surface area (Å²) in [6.07, 6.45) is 8.62. The Labute approximate surface area is 185 Å². The predicted octanol–water partition coefficient (Wildman–Crippen LogP) is 2.87. The molecule has 1 aliphatic rings. The van der Waals surface area contributed by atoms with Gasteiger partial charge in [-0.25, -0.2) is 27.2 Å². The van der Waals surface area contributed by atoms with E-state index >= 15 is 0 Å². The third-order valence-electron chi connectivity index (χ3n) is 5.27. The first kappa shape index (κ1) is 23.3. The van der Waals surface area contributed by atoms with Crippen molar-refractivity contribution < 1.29 is 21.9 Å². The van der Waals surface area contributed by atoms with Gasteiger partial charge in [0, 0.05) is 5.56 Å². The van der Waals surface area contributed by atoms with Crippen LogP contribution in [0.1, 0.15) is 37.6 Å². The number of amidine groups is 1. The molecule has 0 unspecified atom stereocenters. The summed E-state index contributed by atoms with van der Waals surface area (Å²) in [5, 5.41) is 0. The molecule has 1 aliphatic heterocycles. The van der Waals surface area contributed by atoms with Crippen molar-refractivity contribution in [1.82, 2.24) is 9.97 Å². The molecule has 32 heavy (non-hydrogen) atoms. The van der Waals surface area contributed by atoms with Gasteiger partial charge in [0.25, 0.3) is 0 Å². The Kier molecular flexibility index (Phi) is 6.07. The Hall–Kier alpha value is -3.32. The summed E-state index contributed by atoms with van der Waals surface area (Å²) in [7, 11) is -3.73. The molecule has 0 saturated carbocycles. The van der Waals surface area contributed by atoms with Gasteiger partial charge < -0.3 is 10.5 Å². The van der Waals surface area contributed by atoms with E-state index in [0.717, 1.165) is 12.1 Å². The molecule has 0 spiro atoms. The number of hydrogen-bond donors (Lipinski definition) is 1. The van der Waals surface area contributed by atoms with Crippen LogP contribution in [0.2, 0.25) is 0 Å². The van der Waals surface area contributed by atoms with Crippen LogP contribution < -0.4 is 10.5 Å². The van der Waals surface area contributed by atoms with Crippen molar-refractivity contribution in [2.45, 2.75) is 31.1 Å². The van der Waals surface area contributed by atoms with Gasteiger partial charge in [-0.1, -0.05) is 12.0 Å². The summed E-state index contributed by atoms with van der Waals surface area (Å²) in [5.41, 5.74) is 4.67. The Morgan fingerprint density at radius 2 is 2.03 bits per heavy atom. The molecule has 2 N–H and O–H groups in total. The van der Waals surface area contributed by atoms with E-state index in [1.807, 2.05) is 0 Å². The number of hydrogen-bond acceptors (Lipinski definition) is 7. The van der Waals surface area contributed by atoms with Crippen LogP contribution in [-0.4, -0.2) is 41.3 Å². The van der Waals surface area contributed by atoms with Crippen molar-refractivity contribution in [3.05, 3.63) is 53.2 Å². The second kappa shape index (κ2) is 8.31. The van der Waals surface area contributed by atoms with E-state index in [0.29, 0.717) is 0 Å². The van der Waals surface area contributed by atoms with Gasteiger partial charge in [0.05, 0.1) is 18.1 Å². The molecule has 0 saturated heterocycles. The molecule has 168 valence electrons. The Balaban J connectivity index is 1.97. The number of sulfone groups is 1. The van der Waals surface area contributed by atoms with Crippen molar-refractivity contribution in [3.8, 4) is 18.2 Å². The van der Waals surface area contributed by atoms with E-state index in [4.69, 9.17) is 16.9 Å². The number of nitrogens with zero attached hydrogens (tertiary/aromatic N) is 3. The molecule has 3 rings (SSSR count). The van der Waals surface area contributed by atoms with Crippen LogP contribution in [0.15, 0.2) is 35.6 Å². The maximum atomic E-state index is 14.7. The highest BCUT2D eigenvalue weighted by atomic mass is 32.2. The van der Waals surface area contributed by atoms with Crippen LogP contribution in [0.4, 0.5) is 8.78 Å². The van der Waals surface area contributed by atoms with Crippen LogP contribution in [0.3, 0.4) is 0 Å². The molecule has 7 nitrogen and oxygen atoms in total. The third kappa shape index (κ3) is 4.34. The molecule has 2 heterocycles. The molecule has 1 aromatic carbocycles. The van der Waals surface area contributed by atoms with Crippen LogP contribution in [0.25, 0.3) is 11.9 Å². The number of halogens is 2. The van der Waals surface area contributed by atoms with Gasteiger partial charge in [-0.05, 0) is 44.5 Å². The first-order valence-electron chi connectivity index (χ1n) is 9.53. The lowest BCUT2D eigenvalue weighted by molar-refractivity contribution is 0.353. The van der Waals surface area contributed by atoms with E-state index in [1.165, 1.54) is 45.3 Å². The molecule has 0 amide bonds. The van der Waals surface area contributed by atoms with Gasteiger partial charge in [0.1, 0.15) is 27.6 Å². The average molecular weight is 461 g/mol. The van der Waals surface area contributed by atoms with E-state index in [1.54, 1.807) is 0 Å². The number of rotatable bonds is 5. The van der Waals surface area contributed by atoms with Crippen molar-refractivity contribution in [3.63, 3.8) is 0 Å². The summed E-state index contributed by atoms with van der Waals surface area (Å²) in [5.74, 6) is 0.467. The number of benzene rings is 1. The normalized spacial score (nSPS) is 22.0. The van der Waals surface area contributed by atoms with Crippen LogP contribution in [0, 0.1) is 18.2 Å². The largest absolute Gasteiger partial charge is 0.463 e. The molecular weight excluding hydrogens is 438 g/mol. The first-order valence-corrected chi connectivity index (χ1v) is 11.2. The first-order chi connectivity index (χ1) is 14.9. The number of aliphatic imine (C=N–C) groups is 1. The molecule has 0 aliphatic carbocycles. The highest BCUT2D eigenvalue weighted by molar-refractivity contribution is 7.93. The second-order valence-corrected chi connectivity index (χ2v) is 10.5. The zero-order valence-electron chi connectivity index (χ0n) is 17.8. The Bertz CT molecular complexity index is 1250. The standard InChI is InChI=1S/C22H22F2N4O3S/c1-5-8-31-19-12-26-18(11-27-19)17(24)10-14-6-7-16(23)15(9-14)22(4)13-32(29,30)21(2,3)20(25)28-22/h1,6-7,9-12H,8,13H2,2-4H3,(H2,25,28)/b17-10-/t22-/m0/s1. The van der Waals surface area contributed by atoms with Crippen molar-refractivity contribution in [1.29, 1.82) is 0 Å². The monoisotopic (exact) mass is 460 g/mol. The lowest BCUT2D eigenvalue weighted by atomic mass is 9.91. The summed E-state index contributed by atoms with van der Waals surface area (Å²) < 4.78 is 58.7. The number of terminal acetylenes is 1. The summed E-state index contributed by atoms with van der Waals surface area (Å²) in [6.45, 7) is 4.39. The van der Waals surface area contributed by atoms with E-state index in [2.05, 4.69) is 20.9 Å². The fourth-order valence-corrected chi connectivity index (χ4v) is 4.86.